The first-order valence-electron chi connectivity index (χ1n) is 10.7. The van der Waals surface area contributed by atoms with E-state index in [2.05, 4.69) is 62.7 Å². The Morgan fingerprint density at radius 2 is 1.83 bits per heavy atom. The van der Waals surface area contributed by atoms with Crippen molar-refractivity contribution in [2.45, 2.75) is 53.4 Å². The van der Waals surface area contributed by atoms with Crippen LogP contribution in [0.4, 0.5) is 5.69 Å². The number of aliphatic imine (C=N–C) groups is 1. The Bertz CT molecular complexity index is 889. The number of aromatic nitrogens is 1. The number of hydrogen-bond acceptors (Lipinski definition) is 3. The molecule has 0 aliphatic carbocycles. The van der Waals surface area contributed by atoms with Crippen LogP contribution in [-0.4, -0.2) is 41.6 Å². The number of amidine groups is 1. The maximum atomic E-state index is 6.31. The molecule has 4 rings (SSSR count). The predicted octanol–water partition coefficient (Wildman–Crippen LogP) is 4.24. The Labute approximate surface area is 175 Å². The highest BCUT2D eigenvalue weighted by atomic mass is 15.3. The molecule has 2 aliphatic heterocycles. The van der Waals surface area contributed by atoms with Crippen LogP contribution < -0.4 is 10.6 Å². The van der Waals surface area contributed by atoms with Gasteiger partial charge < -0.3 is 15.2 Å². The summed E-state index contributed by atoms with van der Waals surface area (Å²) in [7, 11) is 1.81. The first kappa shape index (κ1) is 21.3. The molecule has 2 aromatic rings. The van der Waals surface area contributed by atoms with Gasteiger partial charge in [0.05, 0.1) is 11.4 Å². The van der Waals surface area contributed by atoms with Gasteiger partial charge in [0.2, 0.25) is 0 Å². The second-order valence-corrected chi connectivity index (χ2v) is 7.58. The fourth-order valence-corrected chi connectivity index (χ4v) is 4.00. The van der Waals surface area contributed by atoms with E-state index in [9.17, 15) is 0 Å². The van der Waals surface area contributed by atoms with Crippen molar-refractivity contribution >= 4 is 17.6 Å². The Hall–Kier alpha value is -2.37. The van der Waals surface area contributed by atoms with Crippen LogP contribution in [0.1, 0.15) is 49.7 Å². The quantitative estimate of drug-likeness (QED) is 0.624. The second kappa shape index (κ2) is 9.42. The monoisotopic (exact) mass is 393 g/mol. The summed E-state index contributed by atoms with van der Waals surface area (Å²) in [6.45, 7) is 12.6. The molecule has 29 heavy (non-hydrogen) atoms. The van der Waals surface area contributed by atoms with Crippen LogP contribution in [0.2, 0.25) is 0 Å². The normalized spacial score (nSPS) is 18.8. The van der Waals surface area contributed by atoms with E-state index in [-0.39, 0.29) is 6.17 Å². The van der Waals surface area contributed by atoms with Crippen LogP contribution in [0, 0.1) is 6.92 Å². The van der Waals surface area contributed by atoms with Crippen LogP contribution >= 0.6 is 0 Å². The zero-order chi connectivity index (χ0) is 21.0. The van der Waals surface area contributed by atoms with Gasteiger partial charge in [-0.2, -0.15) is 0 Å². The molecular weight excluding hydrogens is 358 g/mol. The number of nitrogens with two attached hydrogens (primary N) is 1. The van der Waals surface area contributed by atoms with Crippen molar-refractivity contribution in [3.8, 4) is 0 Å². The van der Waals surface area contributed by atoms with E-state index in [0.29, 0.717) is 0 Å². The van der Waals surface area contributed by atoms with Crippen molar-refractivity contribution in [3.05, 3.63) is 58.9 Å². The minimum atomic E-state index is -0.170. The highest BCUT2D eigenvalue weighted by molar-refractivity contribution is 5.99. The fourth-order valence-electron chi connectivity index (χ4n) is 4.00. The minimum Gasteiger partial charge on any atom is -0.339 e. The van der Waals surface area contributed by atoms with Gasteiger partial charge in [0.1, 0.15) is 12.0 Å². The SMILES string of the molecule is CC.CN=C(C)N1c2cc(C)n(Cc3cccc(CN4CCC4)c3)c2C=CC1N. The number of hydrogen-bond donors (Lipinski definition) is 1. The molecule has 1 atom stereocenters. The van der Waals surface area contributed by atoms with Gasteiger partial charge in [0.25, 0.3) is 0 Å². The van der Waals surface area contributed by atoms with Gasteiger partial charge in [0.15, 0.2) is 0 Å². The Morgan fingerprint density at radius 3 is 2.45 bits per heavy atom. The number of likely N-dealkylation sites (tertiary alicyclic amines) is 1. The third-order valence-corrected chi connectivity index (χ3v) is 5.69. The van der Waals surface area contributed by atoms with Gasteiger partial charge in [-0.3, -0.25) is 9.89 Å². The second-order valence-electron chi connectivity index (χ2n) is 7.58. The largest absolute Gasteiger partial charge is 0.339 e. The fraction of sp³-hybridized carbons (Fsp3) is 0.458. The number of anilines is 1. The van der Waals surface area contributed by atoms with Crippen LogP contribution in [0.15, 0.2) is 41.4 Å². The van der Waals surface area contributed by atoms with E-state index in [0.717, 1.165) is 24.6 Å². The van der Waals surface area contributed by atoms with Crippen LogP contribution in [0.25, 0.3) is 6.08 Å². The lowest BCUT2D eigenvalue weighted by Crippen LogP contribution is -2.45. The van der Waals surface area contributed by atoms with E-state index in [4.69, 9.17) is 5.73 Å². The molecule has 5 heteroatoms. The summed E-state index contributed by atoms with van der Waals surface area (Å²) in [5.74, 6) is 0.932. The first-order chi connectivity index (χ1) is 14.1. The number of benzene rings is 1. The van der Waals surface area contributed by atoms with Crippen molar-refractivity contribution in [2.75, 3.05) is 25.0 Å². The summed E-state index contributed by atoms with van der Waals surface area (Å²) >= 11 is 0. The molecule has 2 aliphatic rings. The van der Waals surface area contributed by atoms with Gasteiger partial charge in [-0.25, -0.2) is 0 Å². The number of nitrogens with zero attached hydrogens (tertiary/aromatic N) is 4. The van der Waals surface area contributed by atoms with E-state index in [1.165, 1.54) is 42.0 Å². The maximum absolute atomic E-state index is 6.31. The molecule has 3 heterocycles. The highest BCUT2D eigenvalue weighted by Crippen LogP contribution is 2.32. The molecule has 0 bridgehead atoms. The molecule has 0 spiro atoms. The van der Waals surface area contributed by atoms with E-state index >= 15 is 0 Å². The Balaban J connectivity index is 0.00000117. The average Bonchev–Trinajstić information content (AvgIpc) is 3.01. The molecule has 1 saturated heterocycles. The molecule has 1 fully saturated rings. The third kappa shape index (κ3) is 4.46. The van der Waals surface area contributed by atoms with Crippen molar-refractivity contribution in [1.82, 2.24) is 9.47 Å². The zero-order valence-corrected chi connectivity index (χ0v) is 18.5. The van der Waals surface area contributed by atoms with Gasteiger partial charge in [-0.05, 0) is 62.7 Å². The molecule has 1 aromatic heterocycles. The third-order valence-electron chi connectivity index (χ3n) is 5.69. The summed E-state index contributed by atoms with van der Waals surface area (Å²) in [6, 6.07) is 11.2. The Morgan fingerprint density at radius 1 is 1.14 bits per heavy atom. The van der Waals surface area contributed by atoms with Crippen molar-refractivity contribution in [2.24, 2.45) is 10.7 Å². The summed E-state index contributed by atoms with van der Waals surface area (Å²) in [4.78, 5) is 8.96. The van der Waals surface area contributed by atoms with Crippen molar-refractivity contribution in [3.63, 3.8) is 0 Å². The van der Waals surface area contributed by atoms with Crippen LogP contribution in [0.5, 0.6) is 0 Å². The molecule has 0 amide bonds. The standard InChI is InChI=1S/C22H29N5.C2H6/c1-16-12-21-20(8-9-22(23)27(21)17(2)24-3)26(16)15-19-7-4-6-18(13-19)14-25-10-5-11-25;1-2/h4,6-9,12-13,22H,5,10-11,14-15,23H2,1-3H3;1-2H3. The van der Waals surface area contributed by atoms with Crippen LogP contribution in [0.3, 0.4) is 0 Å². The van der Waals surface area contributed by atoms with E-state index in [1.807, 2.05) is 33.9 Å². The lowest BCUT2D eigenvalue weighted by Gasteiger charge is -2.31. The van der Waals surface area contributed by atoms with E-state index in [1.54, 1.807) is 0 Å². The lowest BCUT2D eigenvalue weighted by atomic mass is 10.1. The molecule has 1 aromatic carbocycles. The van der Waals surface area contributed by atoms with Gasteiger partial charge >= 0.3 is 0 Å². The van der Waals surface area contributed by atoms with Gasteiger partial charge in [-0.15, -0.1) is 0 Å². The predicted molar refractivity (Wildman–Crippen MR) is 124 cm³/mol. The molecule has 156 valence electrons. The molecular formula is C24H35N5. The topological polar surface area (TPSA) is 49.8 Å². The number of aryl methyl sites for hydroxylation is 1. The van der Waals surface area contributed by atoms with Gasteiger partial charge in [-0.1, -0.05) is 38.1 Å². The molecule has 5 nitrogen and oxygen atoms in total. The highest BCUT2D eigenvalue weighted by Gasteiger charge is 2.25. The number of fused-ring (bicyclic) bond motifs is 1. The lowest BCUT2D eigenvalue weighted by molar-refractivity contribution is 0.172. The average molecular weight is 394 g/mol. The molecule has 1 unspecified atom stereocenters. The molecule has 0 saturated carbocycles. The molecule has 0 radical (unpaired) electrons. The summed E-state index contributed by atoms with van der Waals surface area (Å²) < 4.78 is 2.37. The van der Waals surface area contributed by atoms with Crippen molar-refractivity contribution < 1.29 is 0 Å². The summed E-state index contributed by atoms with van der Waals surface area (Å²) in [6.07, 6.45) is 5.36. The maximum Gasteiger partial charge on any atom is 0.103 e. The summed E-state index contributed by atoms with van der Waals surface area (Å²) in [5, 5.41) is 0. The zero-order valence-electron chi connectivity index (χ0n) is 18.5. The van der Waals surface area contributed by atoms with Crippen molar-refractivity contribution in [1.29, 1.82) is 0 Å². The molecule has 2 N–H and O–H groups in total. The van der Waals surface area contributed by atoms with Crippen LogP contribution in [-0.2, 0) is 13.1 Å². The summed E-state index contributed by atoms with van der Waals surface area (Å²) in [5.41, 5.74) is 12.6. The first-order valence-corrected chi connectivity index (χ1v) is 10.7. The van der Waals surface area contributed by atoms with E-state index < -0.39 is 0 Å². The minimum absolute atomic E-state index is 0.170. The number of rotatable bonds is 4. The smallest absolute Gasteiger partial charge is 0.103 e. The van der Waals surface area contributed by atoms with Gasteiger partial charge in [0, 0.05) is 25.8 Å². The Kier molecular flexibility index (Phi) is 6.93.